The lowest BCUT2D eigenvalue weighted by molar-refractivity contribution is -0.137. The summed E-state index contributed by atoms with van der Waals surface area (Å²) in [6.07, 6.45) is -3.66. The van der Waals surface area contributed by atoms with Crippen molar-refractivity contribution in [1.29, 1.82) is 0 Å². The zero-order valence-corrected chi connectivity index (χ0v) is 11.7. The number of hydrogen-bond acceptors (Lipinski definition) is 1. The number of halogens is 5. The first-order valence-electron chi connectivity index (χ1n) is 5.40. The van der Waals surface area contributed by atoms with Gasteiger partial charge in [-0.05, 0) is 17.5 Å². The molecule has 1 nitrogen and oxygen atoms in total. The van der Waals surface area contributed by atoms with E-state index in [-0.39, 0.29) is 23.3 Å². The molecule has 0 bridgehead atoms. The SMILES string of the molecule is CCC(C)[C@H](N)c1cccc(C(F)(F)F)c1Cl.Cl. The number of rotatable bonds is 3. The molecule has 0 spiro atoms. The van der Waals surface area contributed by atoms with E-state index in [1.54, 1.807) is 6.07 Å². The third-order valence-electron chi connectivity index (χ3n) is 2.95. The van der Waals surface area contributed by atoms with Crippen LogP contribution in [0.2, 0.25) is 5.02 Å². The first-order valence-corrected chi connectivity index (χ1v) is 5.78. The Balaban J connectivity index is 0.00000289. The minimum absolute atomic E-state index is 0. The minimum Gasteiger partial charge on any atom is -0.324 e. The quantitative estimate of drug-likeness (QED) is 0.850. The highest BCUT2D eigenvalue weighted by atomic mass is 35.5. The maximum absolute atomic E-state index is 12.6. The van der Waals surface area contributed by atoms with Gasteiger partial charge in [-0.1, -0.05) is 44.0 Å². The fraction of sp³-hybridized carbons (Fsp3) is 0.500. The lowest BCUT2D eigenvalue weighted by atomic mass is 9.92. The number of hydrogen-bond donors (Lipinski definition) is 1. The van der Waals surface area contributed by atoms with Gasteiger partial charge in [-0.2, -0.15) is 13.2 Å². The molecule has 0 aliphatic carbocycles. The zero-order valence-electron chi connectivity index (χ0n) is 10.1. The normalized spacial score (nSPS) is 14.8. The summed E-state index contributed by atoms with van der Waals surface area (Å²) >= 11 is 5.79. The van der Waals surface area contributed by atoms with E-state index in [1.807, 2.05) is 13.8 Å². The van der Waals surface area contributed by atoms with Gasteiger partial charge in [-0.25, -0.2) is 0 Å². The van der Waals surface area contributed by atoms with Crippen LogP contribution in [0.15, 0.2) is 18.2 Å². The average Bonchev–Trinajstić information content (AvgIpc) is 2.25. The summed E-state index contributed by atoms with van der Waals surface area (Å²) in [7, 11) is 0. The largest absolute Gasteiger partial charge is 0.417 e. The summed E-state index contributed by atoms with van der Waals surface area (Å²) in [5, 5.41) is -0.284. The highest BCUT2D eigenvalue weighted by molar-refractivity contribution is 6.32. The zero-order chi connectivity index (χ0) is 13.2. The smallest absolute Gasteiger partial charge is 0.324 e. The van der Waals surface area contributed by atoms with Gasteiger partial charge >= 0.3 is 6.18 Å². The Morgan fingerprint density at radius 2 is 1.89 bits per heavy atom. The van der Waals surface area contributed by atoms with Crippen molar-refractivity contribution in [3.05, 3.63) is 34.3 Å². The Hall–Kier alpha value is -0.450. The molecule has 0 amide bonds. The lowest BCUT2D eigenvalue weighted by Crippen LogP contribution is -2.20. The molecule has 1 rings (SSSR count). The summed E-state index contributed by atoms with van der Waals surface area (Å²) in [5.41, 5.74) is 5.44. The molecule has 0 fully saturated rings. The maximum atomic E-state index is 12.6. The van der Waals surface area contributed by atoms with E-state index in [1.165, 1.54) is 6.07 Å². The van der Waals surface area contributed by atoms with Gasteiger partial charge in [0.05, 0.1) is 10.6 Å². The monoisotopic (exact) mass is 301 g/mol. The Morgan fingerprint density at radius 1 is 1.33 bits per heavy atom. The van der Waals surface area contributed by atoms with Crippen LogP contribution in [0.5, 0.6) is 0 Å². The van der Waals surface area contributed by atoms with E-state index < -0.39 is 17.8 Å². The summed E-state index contributed by atoms with van der Waals surface area (Å²) < 4.78 is 37.9. The molecule has 0 heterocycles. The highest BCUT2D eigenvalue weighted by Crippen LogP contribution is 2.38. The molecule has 2 N–H and O–H groups in total. The van der Waals surface area contributed by atoms with Crippen molar-refractivity contribution in [3.63, 3.8) is 0 Å². The summed E-state index contributed by atoms with van der Waals surface area (Å²) in [6.45, 7) is 3.83. The second-order valence-electron chi connectivity index (χ2n) is 4.12. The van der Waals surface area contributed by atoms with E-state index in [0.717, 1.165) is 12.5 Å². The topological polar surface area (TPSA) is 26.0 Å². The molecule has 0 saturated carbocycles. The second kappa shape index (κ2) is 6.64. The number of nitrogens with two attached hydrogens (primary N) is 1. The van der Waals surface area contributed by atoms with E-state index >= 15 is 0 Å². The van der Waals surface area contributed by atoms with Gasteiger partial charge in [0, 0.05) is 6.04 Å². The predicted octanol–water partition coefficient (Wildman–Crippen LogP) is 4.83. The van der Waals surface area contributed by atoms with E-state index in [2.05, 4.69) is 0 Å². The predicted molar refractivity (Wildman–Crippen MR) is 70.1 cm³/mol. The standard InChI is InChI=1S/C12H15ClF3N.ClH/c1-3-7(2)11(17)8-5-4-6-9(10(8)13)12(14,15)16;/h4-7,11H,3,17H2,1-2H3;1H/t7?,11-;/m0./s1. The van der Waals surface area contributed by atoms with Crippen LogP contribution in [0.25, 0.3) is 0 Å². The number of alkyl halides is 3. The van der Waals surface area contributed by atoms with Gasteiger partial charge in [0.15, 0.2) is 0 Å². The van der Waals surface area contributed by atoms with Crippen LogP contribution in [0.1, 0.15) is 37.4 Å². The molecule has 1 aromatic carbocycles. The fourth-order valence-electron chi connectivity index (χ4n) is 1.59. The van der Waals surface area contributed by atoms with Crippen molar-refractivity contribution in [2.45, 2.75) is 32.5 Å². The molecule has 0 aliphatic heterocycles. The van der Waals surface area contributed by atoms with Crippen molar-refractivity contribution in [2.24, 2.45) is 11.7 Å². The van der Waals surface area contributed by atoms with Crippen LogP contribution in [0.4, 0.5) is 13.2 Å². The molecule has 0 aromatic heterocycles. The van der Waals surface area contributed by atoms with Crippen molar-refractivity contribution >= 4 is 24.0 Å². The third kappa shape index (κ3) is 3.77. The van der Waals surface area contributed by atoms with E-state index in [9.17, 15) is 13.2 Å². The average molecular weight is 302 g/mol. The third-order valence-corrected chi connectivity index (χ3v) is 3.37. The maximum Gasteiger partial charge on any atom is 0.417 e. The van der Waals surface area contributed by atoms with Crippen molar-refractivity contribution in [1.82, 2.24) is 0 Å². The van der Waals surface area contributed by atoms with Crippen LogP contribution in [0, 0.1) is 5.92 Å². The molecule has 0 radical (unpaired) electrons. The van der Waals surface area contributed by atoms with Crippen molar-refractivity contribution < 1.29 is 13.2 Å². The van der Waals surface area contributed by atoms with Crippen LogP contribution >= 0.6 is 24.0 Å². The van der Waals surface area contributed by atoms with E-state index in [4.69, 9.17) is 17.3 Å². The second-order valence-corrected chi connectivity index (χ2v) is 4.50. The van der Waals surface area contributed by atoms with Gasteiger partial charge in [0.25, 0.3) is 0 Å². The Morgan fingerprint density at radius 3 is 2.33 bits per heavy atom. The van der Waals surface area contributed by atoms with Crippen LogP contribution < -0.4 is 5.73 Å². The lowest BCUT2D eigenvalue weighted by Gasteiger charge is -2.21. The van der Waals surface area contributed by atoms with Gasteiger partial charge in [0.2, 0.25) is 0 Å². The summed E-state index contributed by atoms with van der Waals surface area (Å²) in [6, 6.07) is 3.38. The summed E-state index contributed by atoms with van der Waals surface area (Å²) in [4.78, 5) is 0. The first-order chi connectivity index (χ1) is 7.79. The first kappa shape index (κ1) is 17.6. The molecule has 1 aromatic rings. The fourth-order valence-corrected chi connectivity index (χ4v) is 1.95. The van der Waals surface area contributed by atoms with Crippen LogP contribution in [0.3, 0.4) is 0 Å². The van der Waals surface area contributed by atoms with Gasteiger partial charge in [-0.3, -0.25) is 0 Å². The minimum atomic E-state index is -4.44. The number of benzene rings is 1. The molecule has 0 aliphatic rings. The molecule has 0 saturated heterocycles. The van der Waals surface area contributed by atoms with Crippen molar-refractivity contribution in [2.75, 3.05) is 0 Å². The molecule has 104 valence electrons. The van der Waals surface area contributed by atoms with Crippen LogP contribution in [-0.2, 0) is 6.18 Å². The molecule has 6 heteroatoms. The highest BCUT2D eigenvalue weighted by Gasteiger charge is 2.34. The van der Waals surface area contributed by atoms with Crippen molar-refractivity contribution in [3.8, 4) is 0 Å². The van der Waals surface area contributed by atoms with E-state index in [0.29, 0.717) is 5.56 Å². The summed E-state index contributed by atoms with van der Waals surface area (Å²) in [5.74, 6) is 0.0796. The Labute approximate surface area is 116 Å². The van der Waals surface area contributed by atoms with Gasteiger partial charge < -0.3 is 5.73 Å². The molecule has 2 atom stereocenters. The Kier molecular flexibility index (Phi) is 6.47. The van der Waals surface area contributed by atoms with Gasteiger partial charge in [0.1, 0.15) is 0 Å². The molecule has 18 heavy (non-hydrogen) atoms. The Bertz CT molecular complexity index is 393. The van der Waals surface area contributed by atoms with Crippen LogP contribution in [-0.4, -0.2) is 0 Å². The molecule has 1 unspecified atom stereocenters. The molecular formula is C12H16Cl2F3N. The molecular weight excluding hydrogens is 286 g/mol. The van der Waals surface area contributed by atoms with Gasteiger partial charge in [-0.15, -0.1) is 12.4 Å².